The average Bonchev–Trinajstić information content (AvgIpc) is 3.54. The molecule has 1 unspecified atom stereocenters. The standard InChI is InChI=1S/C83H134O5/c1-3-5-7-9-11-13-15-17-19-21-23-25-27-29-31-33-35-37-39-40-41-42-44-46-48-50-52-54-56-58-60-62-64-66-68-70-72-74-76-78-83(86)88-81(79-84)80-87-82(85)77-75-73-71-69-67-65-63-61-59-57-55-53-51-49-47-45-43-38-36-34-32-30-28-26-24-22-20-18-16-14-12-10-8-6-4-2/h5-8,11-14,17-20,23-26,29-32,35-38,40-41,44,46,50,52,81,84H,3-4,9-10,15-16,21-22,27-28,33-34,39,42-43,45,47-49,51,53-80H2,1-2H3/b7-5-,8-6-,13-11-,14-12-,19-17-,20-18-,25-23-,26-24-,31-29-,32-30-,37-35-,38-36-,41-40-,46-44-,52-50-. The SMILES string of the molecule is CC/C=C\C/C=C\C/C=C\C/C=C\C/C=C\C/C=C\C/C=C\C/C=C\C/C=C\CCCCCCCCCCCCCC(=O)OC(CO)COC(=O)CCCCCCCCCCCCCCCCCC/C=C\C/C=C\C/C=C\C/C=C\C/C=C\C/C=C\CC. The topological polar surface area (TPSA) is 72.8 Å². The molecule has 0 bridgehead atoms. The van der Waals surface area contributed by atoms with Gasteiger partial charge in [-0.15, -0.1) is 0 Å². The fourth-order valence-electron chi connectivity index (χ4n) is 9.85. The van der Waals surface area contributed by atoms with E-state index < -0.39 is 6.10 Å². The summed E-state index contributed by atoms with van der Waals surface area (Å²) in [6.45, 7) is 3.92. The van der Waals surface area contributed by atoms with Crippen molar-refractivity contribution in [1.29, 1.82) is 0 Å². The van der Waals surface area contributed by atoms with E-state index in [2.05, 4.69) is 196 Å². The van der Waals surface area contributed by atoms with Crippen LogP contribution in [0.2, 0.25) is 0 Å². The molecule has 0 aromatic heterocycles. The van der Waals surface area contributed by atoms with Crippen molar-refractivity contribution in [1.82, 2.24) is 0 Å². The van der Waals surface area contributed by atoms with Crippen LogP contribution in [0.4, 0.5) is 0 Å². The van der Waals surface area contributed by atoms with Crippen molar-refractivity contribution in [2.75, 3.05) is 13.2 Å². The molecule has 0 aliphatic heterocycles. The molecule has 0 saturated heterocycles. The molecule has 0 heterocycles. The lowest BCUT2D eigenvalue weighted by atomic mass is 10.0. The van der Waals surface area contributed by atoms with Crippen molar-refractivity contribution < 1.29 is 24.2 Å². The maximum Gasteiger partial charge on any atom is 0.306 e. The lowest BCUT2D eigenvalue weighted by Crippen LogP contribution is -2.28. The minimum Gasteiger partial charge on any atom is -0.462 e. The van der Waals surface area contributed by atoms with E-state index in [1.165, 1.54) is 148 Å². The Bertz CT molecular complexity index is 1960. The molecule has 0 spiro atoms. The van der Waals surface area contributed by atoms with Gasteiger partial charge in [0.05, 0.1) is 6.61 Å². The molecular weight excluding hydrogens is 1080 g/mol. The first-order chi connectivity index (χ1) is 43.6. The average molecular weight is 1210 g/mol. The third-order valence-corrected chi connectivity index (χ3v) is 15.2. The van der Waals surface area contributed by atoms with Crippen LogP contribution in [0.25, 0.3) is 0 Å². The molecule has 0 aliphatic rings. The van der Waals surface area contributed by atoms with Gasteiger partial charge in [0.15, 0.2) is 6.10 Å². The van der Waals surface area contributed by atoms with Gasteiger partial charge in [-0.2, -0.15) is 0 Å². The molecule has 496 valence electrons. The highest BCUT2D eigenvalue weighted by Crippen LogP contribution is 2.17. The van der Waals surface area contributed by atoms with Crippen LogP contribution in [0, 0.1) is 0 Å². The van der Waals surface area contributed by atoms with E-state index in [4.69, 9.17) is 9.47 Å². The number of aliphatic hydroxyl groups is 1. The molecule has 5 heteroatoms. The van der Waals surface area contributed by atoms with Gasteiger partial charge in [-0.1, -0.05) is 344 Å². The second-order valence-corrected chi connectivity index (χ2v) is 23.6. The largest absolute Gasteiger partial charge is 0.462 e. The molecule has 0 aromatic carbocycles. The highest BCUT2D eigenvalue weighted by atomic mass is 16.6. The Hall–Kier alpha value is -5.00. The molecule has 0 saturated carbocycles. The smallest absolute Gasteiger partial charge is 0.306 e. The lowest BCUT2D eigenvalue weighted by Gasteiger charge is -2.15. The summed E-state index contributed by atoms with van der Waals surface area (Å²) in [5, 5.41) is 9.72. The molecule has 1 atom stereocenters. The number of carbonyl (C=O) groups is 2. The Kier molecular flexibility index (Phi) is 71.9. The van der Waals surface area contributed by atoms with E-state index in [0.717, 1.165) is 135 Å². The van der Waals surface area contributed by atoms with Gasteiger partial charge >= 0.3 is 11.9 Å². The Morgan fingerprint density at radius 3 is 0.682 bits per heavy atom. The molecule has 0 fully saturated rings. The molecule has 5 nitrogen and oxygen atoms in total. The molecule has 0 radical (unpaired) electrons. The van der Waals surface area contributed by atoms with E-state index in [9.17, 15) is 14.7 Å². The van der Waals surface area contributed by atoms with Gasteiger partial charge in [0.1, 0.15) is 6.61 Å². The normalized spacial score (nSPS) is 13.4. The van der Waals surface area contributed by atoms with Gasteiger partial charge in [0, 0.05) is 12.8 Å². The van der Waals surface area contributed by atoms with E-state index in [1.807, 2.05) is 0 Å². The summed E-state index contributed by atoms with van der Waals surface area (Å²) in [7, 11) is 0. The summed E-state index contributed by atoms with van der Waals surface area (Å²) in [6.07, 6.45) is 119. The molecule has 0 aliphatic carbocycles. The highest BCUT2D eigenvalue weighted by Gasteiger charge is 2.16. The zero-order chi connectivity index (χ0) is 63.3. The van der Waals surface area contributed by atoms with E-state index in [1.54, 1.807) is 0 Å². The van der Waals surface area contributed by atoms with Crippen LogP contribution >= 0.6 is 0 Å². The molecule has 88 heavy (non-hydrogen) atoms. The van der Waals surface area contributed by atoms with Gasteiger partial charge in [-0.3, -0.25) is 9.59 Å². The summed E-state index contributed by atoms with van der Waals surface area (Å²) in [5.74, 6) is -0.595. The zero-order valence-electron chi connectivity index (χ0n) is 56.9. The predicted octanol–water partition coefficient (Wildman–Crippen LogP) is 25.8. The lowest BCUT2D eigenvalue weighted by molar-refractivity contribution is -0.161. The Labute approximate surface area is 544 Å². The van der Waals surface area contributed by atoms with Crippen LogP contribution < -0.4 is 0 Å². The van der Waals surface area contributed by atoms with E-state index in [0.29, 0.717) is 12.8 Å². The number of hydrogen-bond acceptors (Lipinski definition) is 5. The van der Waals surface area contributed by atoms with Crippen LogP contribution in [-0.2, 0) is 19.1 Å². The second-order valence-electron chi connectivity index (χ2n) is 23.6. The second kappa shape index (κ2) is 76.2. The van der Waals surface area contributed by atoms with Gasteiger partial charge in [0.25, 0.3) is 0 Å². The predicted molar refractivity (Wildman–Crippen MR) is 389 cm³/mol. The number of esters is 2. The Morgan fingerprint density at radius 1 is 0.261 bits per heavy atom. The summed E-state index contributed by atoms with van der Waals surface area (Å²) < 4.78 is 10.8. The third kappa shape index (κ3) is 73.5. The number of carbonyl (C=O) groups excluding carboxylic acids is 2. The number of ether oxygens (including phenoxy) is 2. The van der Waals surface area contributed by atoms with Gasteiger partial charge in [-0.05, 0) is 135 Å². The first kappa shape index (κ1) is 83.0. The summed E-state index contributed by atoms with van der Waals surface area (Å²) in [6, 6.07) is 0. The number of rotatable bonds is 65. The monoisotopic (exact) mass is 1210 g/mol. The van der Waals surface area contributed by atoms with Gasteiger partial charge in [-0.25, -0.2) is 0 Å². The van der Waals surface area contributed by atoms with Crippen LogP contribution in [0.5, 0.6) is 0 Å². The summed E-state index contributed by atoms with van der Waals surface area (Å²) >= 11 is 0. The van der Waals surface area contributed by atoms with Crippen molar-refractivity contribution in [2.24, 2.45) is 0 Å². The Morgan fingerprint density at radius 2 is 0.455 bits per heavy atom. The Balaban J connectivity index is 3.53. The fourth-order valence-corrected chi connectivity index (χ4v) is 9.85. The van der Waals surface area contributed by atoms with Crippen LogP contribution in [0.15, 0.2) is 182 Å². The van der Waals surface area contributed by atoms with Crippen molar-refractivity contribution in [3.8, 4) is 0 Å². The molecule has 0 amide bonds. The maximum atomic E-state index is 12.4. The minimum atomic E-state index is -0.786. The van der Waals surface area contributed by atoms with Crippen LogP contribution in [-0.4, -0.2) is 36.4 Å². The zero-order valence-corrected chi connectivity index (χ0v) is 56.9. The van der Waals surface area contributed by atoms with Crippen LogP contribution in [0.1, 0.15) is 309 Å². The number of unbranched alkanes of at least 4 members (excludes halogenated alkanes) is 27. The first-order valence-electron chi connectivity index (χ1n) is 36.3. The number of aliphatic hydroxyl groups excluding tert-OH is 1. The number of hydrogen-bond donors (Lipinski definition) is 1. The molecule has 0 aromatic rings. The van der Waals surface area contributed by atoms with Crippen LogP contribution in [0.3, 0.4) is 0 Å². The fraction of sp³-hybridized carbons (Fsp3) is 0.614. The number of allylic oxidation sites excluding steroid dienone is 30. The van der Waals surface area contributed by atoms with E-state index >= 15 is 0 Å². The minimum absolute atomic E-state index is 0.0744. The van der Waals surface area contributed by atoms with Crippen molar-refractivity contribution in [2.45, 2.75) is 315 Å². The summed E-state index contributed by atoms with van der Waals surface area (Å²) in [4.78, 5) is 24.7. The van der Waals surface area contributed by atoms with Crippen molar-refractivity contribution in [3.63, 3.8) is 0 Å². The summed E-state index contributed by atoms with van der Waals surface area (Å²) in [5.41, 5.74) is 0. The first-order valence-corrected chi connectivity index (χ1v) is 36.3. The van der Waals surface area contributed by atoms with Crippen molar-refractivity contribution >= 4 is 11.9 Å². The quantitative estimate of drug-likeness (QED) is 0.0373. The van der Waals surface area contributed by atoms with Gasteiger partial charge in [0.2, 0.25) is 0 Å². The third-order valence-electron chi connectivity index (χ3n) is 15.2. The van der Waals surface area contributed by atoms with Gasteiger partial charge < -0.3 is 14.6 Å². The molecule has 0 rings (SSSR count). The maximum absolute atomic E-state index is 12.4. The molecular formula is C83H134O5. The van der Waals surface area contributed by atoms with Crippen molar-refractivity contribution in [3.05, 3.63) is 182 Å². The molecule has 1 N–H and O–H groups in total. The van der Waals surface area contributed by atoms with E-state index in [-0.39, 0.29) is 25.2 Å². The highest BCUT2D eigenvalue weighted by molar-refractivity contribution is 5.70.